The Kier molecular flexibility index (Phi) is 13.6. The second kappa shape index (κ2) is 14.6. The van der Waals surface area contributed by atoms with Gasteiger partial charge >= 0.3 is 0 Å². The topological polar surface area (TPSA) is 82.6 Å². The molecule has 180 valence electrons. The number of aromatic hydroxyl groups is 2. The quantitative estimate of drug-likeness (QED) is 0.552. The second-order valence-corrected chi connectivity index (χ2v) is 9.34. The Bertz CT molecular complexity index is 721. The maximum absolute atomic E-state index is 9.10. The molecule has 0 bridgehead atoms. The number of ether oxygens (including phenoxy) is 2. The summed E-state index contributed by atoms with van der Waals surface area (Å²) in [5, 5.41) is 18.1. The lowest BCUT2D eigenvalue weighted by atomic mass is 9.82. The molecule has 2 aliphatic rings. The van der Waals surface area contributed by atoms with Gasteiger partial charge in [0, 0.05) is 0 Å². The first-order chi connectivity index (χ1) is 15.0. The molecule has 0 amide bonds. The first kappa shape index (κ1) is 29.6. The number of phenols is 2. The van der Waals surface area contributed by atoms with Crippen molar-refractivity contribution in [1.29, 1.82) is 0 Å². The Morgan fingerprint density at radius 2 is 1.16 bits per heavy atom. The van der Waals surface area contributed by atoms with Gasteiger partial charge in [-0.2, -0.15) is 0 Å². The molecule has 2 N–H and O–H groups in total. The fourth-order valence-electron chi connectivity index (χ4n) is 2.17. The van der Waals surface area contributed by atoms with Gasteiger partial charge in [0.1, 0.15) is 18.3 Å². The van der Waals surface area contributed by atoms with Gasteiger partial charge in [0.15, 0.2) is 0 Å². The van der Waals surface area contributed by atoms with Gasteiger partial charge in [0.05, 0.1) is 25.9 Å². The van der Waals surface area contributed by atoms with E-state index in [2.05, 4.69) is 53.2 Å². The number of hydrogen-bond donors (Lipinski definition) is 2. The summed E-state index contributed by atoms with van der Waals surface area (Å²) < 4.78 is 9.21. The zero-order valence-corrected chi connectivity index (χ0v) is 20.9. The first-order valence-corrected chi connectivity index (χ1v) is 11.0. The highest BCUT2D eigenvalue weighted by Gasteiger charge is 2.17. The minimum absolute atomic E-state index is 0.174. The van der Waals surface area contributed by atoms with Crippen LogP contribution in [0.3, 0.4) is 0 Å². The van der Waals surface area contributed by atoms with Crippen LogP contribution in [0, 0.1) is 0 Å². The highest BCUT2D eigenvalue weighted by Crippen LogP contribution is 2.27. The van der Waals surface area contributed by atoms with E-state index in [-0.39, 0.29) is 10.8 Å². The van der Waals surface area contributed by atoms with Crippen LogP contribution >= 0.6 is 0 Å². The molecule has 0 spiro atoms. The zero-order valence-electron chi connectivity index (χ0n) is 20.9. The van der Waals surface area contributed by atoms with E-state index in [1.54, 1.807) is 24.3 Å². The normalized spacial score (nSPS) is 15.7. The average Bonchev–Trinajstić information content (AvgIpc) is 3.66. The molecule has 0 radical (unpaired) electrons. The van der Waals surface area contributed by atoms with E-state index in [9.17, 15) is 0 Å². The van der Waals surface area contributed by atoms with Crippen molar-refractivity contribution in [3.63, 3.8) is 0 Å². The van der Waals surface area contributed by atoms with Gasteiger partial charge in [-0.3, -0.25) is 0 Å². The van der Waals surface area contributed by atoms with Gasteiger partial charge in [-0.05, 0) is 59.6 Å². The molecule has 2 aromatic rings. The van der Waals surface area contributed by atoms with Gasteiger partial charge in [-0.25, -0.2) is 0 Å². The molecule has 2 aliphatic heterocycles. The molecule has 2 aromatic carbocycles. The summed E-state index contributed by atoms with van der Waals surface area (Å²) in [5.74, 6) is 0.670. The summed E-state index contributed by atoms with van der Waals surface area (Å²) in [5.41, 5.74) is 2.92. The predicted octanol–water partition coefficient (Wildman–Crippen LogP) is 6.01. The van der Waals surface area contributed by atoms with E-state index in [0.717, 1.165) is 26.2 Å². The molecule has 0 saturated carbocycles. The number of phenolic OH excluding ortho intramolecular Hbond substituents is 2. The number of hydrogen-bond acceptors (Lipinski definition) is 5. The molecule has 0 aliphatic carbocycles. The van der Waals surface area contributed by atoms with Crippen molar-refractivity contribution in [2.45, 2.75) is 71.8 Å². The van der Waals surface area contributed by atoms with Crippen LogP contribution in [-0.2, 0) is 25.1 Å². The maximum Gasteiger partial charge on any atom is 0.115 e. The fraction of sp³-hybridized carbons (Fsp3) is 0.519. The molecule has 2 saturated heterocycles. The Morgan fingerprint density at radius 1 is 0.844 bits per heavy atom. The minimum atomic E-state index is 0.174. The molecule has 5 nitrogen and oxygen atoms in total. The fourth-order valence-corrected chi connectivity index (χ4v) is 2.17. The van der Waals surface area contributed by atoms with Gasteiger partial charge in [-0.1, -0.05) is 65.8 Å². The number of carbonyl (C=O) groups is 1. The van der Waals surface area contributed by atoms with E-state index < -0.39 is 0 Å². The minimum Gasteiger partial charge on any atom is -0.508 e. The lowest BCUT2D eigenvalue weighted by molar-refractivity contribution is -0.0980. The molecule has 4 rings (SSSR count). The Balaban J connectivity index is 0.000000435. The maximum atomic E-state index is 9.10. The van der Waals surface area contributed by atoms with E-state index in [1.165, 1.54) is 11.1 Å². The molecular formula is C27H42O5. The van der Waals surface area contributed by atoms with Gasteiger partial charge < -0.3 is 24.5 Å². The van der Waals surface area contributed by atoms with E-state index in [1.807, 2.05) is 31.1 Å². The third-order valence-corrected chi connectivity index (χ3v) is 4.97. The highest BCUT2D eigenvalue weighted by atomic mass is 16.6. The largest absolute Gasteiger partial charge is 0.508 e. The lowest BCUT2D eigenvalue weighted by Crippen LogP contribution is -2.14. The predicted molar refractivity (Wildman–Crippen MR) is 132 cm³/mol. The number of carbonyl (C=O) groups excluding carboxylic acids is 1. The third kappa shape index (κ3) is 14.6. The second-order valence-electron chi connectivity index (χ2n) is 9.34. The van der Waals surface area contributed by atoms with Crippen molar-refractivity contribution in [3.05, 3.63) is 59.7 Å². The molecule has 2 heterocycles. The molecule has 32 heavy (non-hydrogen) atoms. The van der Waals surface area contributed by atoms with Crippen molar-refractivity contribution >= 4 is 6.79 Å². The van der Waals surface area contributed by atoms with Crippen molar-refractivity contribution in [3.8, 4) is 11.5 Å². The summed E-state index contributed by atoms with van der Waals surface area (Å²) in [7, 11) is 0. The summed E-state index contributed by atoms with van der Waals surface area (Å²) >= 11 is 0. The Labute approximate surface area is 194 Å². The van der Waals surface area contributed by atoms with Crippen LogP contribution in [0.4, 0.5) is 0 Å². The van der Waals surface area contributed by atoms with E-state index in [0.29, 0.717) is 17.6 Å². The van der Waals surface area contributed by atoms with Crippen LogP contribution in [-0.4, -0.2) is 42.9 Å². The highest BCUT2D eigenvalue weighted by molar-refractivity contribution is 5.31. The molecule has 5 heteroatoms. The molecular weight excluding hydrogens is 404 g/mol. The third-order valence-electron chi connectivity index (χ3n) is 4.97. The van der Waals surface area contributed by atoms with Crippen LogP contribution in [0.25, 0.3) is 0 Å². The van der Waals surface area contributed by atoms with Crippen molar-refractivity contribution in [2.75, 3.05) is 19.8 Å². The van der Waals surface area contributed by atoms with Crippen molar-refractivity contribution < 1.29 is 24.5 Å². The smallest absolute Gasteiger partial charge is 0.115 e. The number of rotatable bonds is 2. The summed E-state index contributed by atoms with van der Waals surface area (Å²) in [6.45, 7) is 20.1. The number of benzene rings is 2. The van der Waals surface area contributed by atoms with Crippen LogP contribution in [0.5, 0.6) is 11.5 Å². The van der Waals surface area contributed by atoms with Gasteiger partial charge in [0.25, 0.3) is 0 Å². The average molecular weight is 447 g/mol. The van der Waals surface area contributed by atoms with Gasteiger partial charge in [-0.15, -0.1) is 0 Å². The molecule has 0 aromatic heterocycles. The SMILES string of the molecule is C1CO1.C=O.CC(C)(C)c1ccc(O)cc1.CC1CO1.CCC(C)(C)c1ccc(O)cc1. The van der Waals surface area contributed by atoms with Crippen LogP contribution in [0.1, 0.15) is 66.0 Å². The zero-order chi connectivity index (χ0) is 24.8. The van der Waals surface area contributed by atoms with Crippen molar-refractivity contribution in [2.24, 2.45) is 0 Å². The Hall–Kier alpha value is -2.37. The molecule has 1 atom stereocenters. The molecule has 1 unspecified atom stereocenters. The van der Waals surface area contributed by atoms with Crippen molar-refractivity contribution in [1.82, 2.24) is 0 Å². The Morgan fingerprint density at radius 3 is 1.38 bits per heavy atom. The summed E-state index contributed by atoms with van der Waals surface area (Å²) in [6, 6.07) is 14.8. The number of epoxide rings is 2. The standard InChI is InChI=1S/C11H16O.C10H14O.C3H6O.C2H4O.CH2O/c1-4-11(2,3)9-5-7-10(12)8-6-9;1-10(2,3)8-4-6-9(11)7-5-8;1-3-2-4-3;1-2-3-1;1-2/h5-8,12H,4H2,1-3H3;4-7,11H,1-3H3;3H,2H2,1H3;1-2H2;1H2. The van der Waals surface area contributed by atoms with Crippen LogP contribution in [0.2, 0.25) is 0 Å². The first-order valence-electron chi connectivity index (χ1n) is 11.0. The van der Waals surface area contributed by atoms with Gasteiger partial charge in [0.2, 0.25) is 0 Å². The van der Waals surface area contributed by atoms with Crippen LogP contribution in [0.15, 0.2) is 48.5 Å². The summed E-state index contributed by atoms with van der Waals surface area (Å²) in [6.07, 6.45) is 1.69. The summed E-state index contributed by atoms with van der Waals surface area (Å²) in [4.78, 5) is 8.00. The van der Waals surface area contributed by atoms with E-state index >= 15 is 0 Å². The van der Waals surface area contributed by atoms with Crippen LogP contribution < -0.4 is 0 Å². The van der Waals surface area contributed by atoms with E-state index in [4.69, 9.17) is 19.7 Å². The lowest BCUT2D eigenvalue weighted by Gasteiger charge is -2.22. The monoisotopic (exact) mass is 446 g/mol. The molecule has 2 fully saturated rings.